The van der Waals surface area contributed by atoms with Crippen LogP contribution in [-0.2, 0) is 4.79 Å². The first kappa shape index (κ1) is 14.5. The van der Waals surface area contributed by atoms with Gasteiger partial charge in [0.2, 0.25) is 5.91 Å². The molecule has 1 aromatic carbocycles. The third-order valence-electron chi connectivity index (χ3n) is 3.47. The second-order valence-corrected chi connectivity index (χ2v) is 5.51. The van der Waals surface area contributed by atoms with E-state index in [4.69, 9.17) is 5.73 Å². The third kappa shape index (κ3) is 2.99. The summed E-state index contributed by atoms with van der Waals surface area (Å²) in [5.41, 5.74) is 7.43. The lowest BCUT2D eigenvalue weighted by Gasteiger charge is -2.22. The minimum atomic E-state index is -0.194. The molecule has 0 fully saturated rings. The zero-order valence-corrected chi connectivity index (χ0v) is 12.2. The summed E-state index contributed by atoms with van der Waals surface area (Å²) >= 11 is 0. The molecular weight excluding hydrogens is 252 g/mol. The van der Waals surface area contributed by atoms with Crippen LogP contribution in [0.5, 0.6) is 0 Å². The van der Waals surface area contributed by atoms with Crippen molar-refractivity contribution in [1.82, 2.24) is 15.3 Å². The van der Waals surface area contributed by atoms with Crippen LogP contribution in [0, 0.1) is 11.8 Å². The molecule has 2 atom stereocenters. The highest BCUT2D eigenvalue weighted by Crippen LogP contribution is 2.22. The van der Waals surface area contributed by atoms with Gasteiger partial charge in [-0.15, -0.1) is 0 Å². The molecule has 0 spiro atoms. The Morgan fingerprint density at radius 1 is 1.35 bits per heavy atom. The van der Waals surface area contributed by atoms with Gasteiger partial charge in [-0.3, -0.25) is 4.79 Å². The number of carbonyl (C=O) groups is 1. The number of nitrogens with one attached hydrogen (secondary N) is 2. The van der Waals surface area contributed by atoms with Crippen LogP contribution in [0.3, 0.4) is 0 Å². The highest BCUT2D eigenvalue weighted by atomic mass is 16.1. The van der Waals surface area contributed by atoms with Crippen molar-refractivity contribution in [3.8, 4) is 0 Å². The topological polar surface area (TPSA) is 83.8 Å². The molecule has 5 heteroatoms. The number of fused-ring (bicyclic) bond motifs is 1. The van der Waals surface area contributed by atoms with Gasteiger partial charge in [0.05, 0.1) is 17.1 Å². The first-order chi connectivity index (χ1) is 9.52. The maximum Gasteiger partial charge on any atom is 0.224 e. The number of nitrogens with two attached hydrogens (primary N) is 1. The molecule has 2 unspecified atom stereocenters. The molecule has 0 saturated heterocycles. The van der Waals surface area contributed by atoms with E-state index in [1.54, 1.807) is 0 Å². The van der Waals surface area contributed by atoms with Crippen molar-refractivity contribution in [3.63, 3.8) is 0 Å². The number of hydrogen-bond acceptors (Lipinski definition) is 3. The van der Waals surface area contributed by atoms with Crippen molar-refractivity contribution >= 4 is 16.9 Å². The monoisotopic (exact) mass is 274 g/mol. The number of rotatable bonds is 5. The average molecular weight is 274 g/mol. The normalized spacial score (nSPS) is 14.4. The Morgan fingerprint density at radius 2 is 2.05 bits per heavy atom. The predicted molar refractivity (Wildman–Crippen MR) is 80.0 cm³/mol. The lowest BCUT2D eigenvalue weighted by Crippen LogP contribution is -2.38. The Morgan fingerprint density at radius 3 is 2.65 bits per heavy atom. The zero-order valence-electron chi connectivity index (χ0n) is 12.2. The van der Waals surface area contributed by atoms with Gasteiger partial charge in [-0.25, -0.2) is 4.98 Å². The van der Waals surface area contributed by atoms with Crippen molar-refractivity contribution in [2.75, 3.05) is 6.54 Å². The molecule has 108 valence electrons. The van der Waals surface area contributed by atoms with Crippen molar-refractivity contribution in [2.45, 2.75) is 26.8 Å². The minimum Gasteiger partial charge on any atom is -0.346 e. The molecule has 1 heterocycles. The van der Waals surface area contributed by atoms with Gasteiger partial charge < -0.3 is 16.0 Å². The van der Waals surface area contributed by atoms with Gasteiger partial charge in [0, 0.05) is 12.5 Å². The molecule has 0 radical (unpaired) electrons. The third-order valence-corrected chi connectivity index (χ3v) is 3.47. The van der Waals surface area contributed by atoms with E-state index in [9.17, 15) is 4.79 Å². The lowest BCUT2D eigenvalue weighted by atomic mass is 10.0. The molecule has 4 N–H and O–H groups in total. The van der Waals surface area contributed by atoms with Crippen LogP contribution in [0.25, 0.3) is 11.0 Å². The van der Waals surface area contributed by atoms with Crippen LogP contribution in [0.15, 0.2) is 24.3 Å². The Kier molecular flexibility index (Phi) is 4.39. The quantitative estimate of drug-likeness (QED) is 0.779. The van der Waals surface area contributed by atoms with Gasteiger partial charge in [-0.2, -0.15) is 0 Å². The molecule has 5 nitrogen and oxygen atoms in total. The molecule has 0 bridgehead atoms. The summed E-state index contributed by atoms with van der Waals surface area (Å²) in [6, 6.07) is 7.71. The Bertz CT molecular complexity index is 557. The fourth-order valence-electron chi connectivity index (χ4n) is 2.07. The Balaban J connectivity index is 2.26. The number of benzene rings is 1. The number of nitrogens with zero attached hydrogens (tertiary/aromatic N) is 1. The van der Waals surface area contributed by atoms with Crippen LogP contribution in [0.4, 0.5) is 0 Å². The molecule has 1 aromatic heterocycles. The lowest BCUT2D eigenvalue weighted by molar-refractivity contribution is -0.125. The first-order valence-electron chi connectivity index (χ1n) is 6.98. The summed E-state index contributed by atoms with van der Waals surface area (Å²) in [5, 5.41) is 3.03. The predicted octanol–water partition coefficient (Wildman–Crippen LogP) is 1.97. The van der Waals surface area contributed by atoms with Crippen molar-refractivity contribution in [1.29, 1.82) is 0 Å². The summed E-state index contributed by atoms with van der Waals surface area (Å²) in [7, 11) is 0. The number of hydrogen-bond donors (Lipinski definition) is 3. The summed E-state index contributed by atoms with van der Waals surface area (Å²) in [4.78, 5) is 19.9. The molecular formula is C15H22N4O. The fourth-order valence-corrected chi connectivity index (χ4v) is 2.07. The fraction of sp³-hybridized carbons (Fsp3) is 0.467. The van der Waals surface area contributed by atoms with Crippen molar-refractivity contribution in [2.24, 2.45) is 17.6 Å². The van der Waals surface area contributed by atoms with Gasteiger partial charge in [0.25, 0.3) is 0 Å². The van der Waals surface area contributed by atoms with Gasteiger partial charge in [0.15, 0.2) is 0 Å². The van der Waals surface area contributed by atoms with E-state index >= 15 is 0 Å². The molecule has 20 heavy (non-hydrogen) atoms. The van der Waals surface area contributed by atoms with Crippen LogP contribution in [-0.4, -0.2) is 22.4 Å². The number of amides is 1. The molecule has 0 aliphatic carbocycles. The van der Waals surface area contributed by atoms with Crippen molar-refractivity contribution < 1.29 is 4.79 Å². The first-order valence-corrected chi connectivity index (χ1v) is 6.98. The number of carbonyl (C=O) groups excluding carboxylic acids is 1. The standard InChI is InChI=1S/C15H22N4O/c1-9(2)13(19-15(20)10(3)8-16)14-17-11-6-4-5-7-12(11)18-14/h4-7,9-10,13H,8,16H2,1-3H3,(H,17,18)(H,19,20). The number of aromatic amines is 1. The second-order valence-electron chi connectivity index (χ2n) is 5.51. The molecule has 2 aromatic rings. The minimum absolute atomic E-state index is 0.0355. The van der Waals surface area contributed by atoms with Crippen LogP contribution in [0.2, 0.25) is 0 Å². The van der Waals surface area contributed by atoms with E-state index < -0.39 is 0 Å². The van der Waals surface area contributed by atoms with Gasteiger partial charge in [0.1, 0.15) is 5.82 Å². The van der Waals surface area contributed by atoms with E-state index in [-0.39, 0.29) is 23.8 Å². The molecule has 0 aliphatic rings. The largest absolute Gasteiger partial charge is 0.346 e. The Labute approximate surface area is 119 Å². The molecule has 0 aliphatic heterocycles. The SMILES string of the molecule is CC(CN)C(=O)NC(c1nc2ccccc2[nH]1)C(C)C. The van der Waals surface area contributed by atoms with E-state index in [0.29, 0.717) is 6.54 Å². The van der Waals surface area contributed by atoms with Gasteiger partial charge in [-0.05, 0) is 18.1 Å². The van der Waals surface area contributed by atoms with E-state index in [1.165, 1.54) is 0 Å². The Hall–Kier alpha value is -1.88. The highest BCUT2D eigenvalue weighted by molar-refractivity contribution is 5.79. The van der Waals surface area contributed by atoms with E-state index in [2.05, 4.69) is 29.1 Å². The van der Waals surface area contributed by atoms with Gasteiger partial charge >= 0.3 is 0 Å². The number of aromatic nitrogens is 2. The van der Waals surface area contributed by atoms with Crippen LogP contribution < -0.4 is 11.1 Å². The number of H-pyrrole nitrogens is 1. The van der Waals surface area contributed by atoms with E-state index in [1.807, 2.05) is 31.2 Å². The summed E-state index contributed by atoms with van der Waals surface area (Å²) in [6.07, 6.45) is 0. The van der Waals surface area contributed by atoms with Crippen molar-refractivity contribution in [3.05, 3.63) is 30.1 Å². The smallest absolute Gasteiger partial charge is 0.224 e. The number of imidazole rings is 1. The summed E-state index contributed by atoms with van der Waals surface area (Å²) in [5.74, 6) is 0.801. The molecule has 1 amide bonds. The average Bonchev–Trinajstić information content (AvgIpc) is 2.86. The van der Waals surface area contributed by atoms with Gasteiger partial charge in [-0.1, -0.05) is 32.9 Å². The highest BCUT2D eigenvalue weighted by Gasteiger charge is 2.23. The van der Waals surface area contributed by atoms with Crippen LogP contribution in [0.1, 0.15) is 32.6 Å². The van der Waals surface area contributed by atoms with E-state index in [0.717, 1.165) is 16.9 Å². The maximum absolute atomic E-state index is 12.0. The number of para-hydroxylation sites is 2. The zero-order chi connectivity index (χ0) is 14.7. The van der Waals surface area contributed by atoms with Crippen LogP contribution >= 0.6 is 0 Å². The summed E-state index contributed by atoms with van der Waals surface area (Å²) in [6.45, 7) is 6.29. The second kappa shape index (κ2) is 6.05. The maximum atomic E-state index is 12.0. The molecule has 0 saturated carbocycles. The summed E-state index contributed by atoms with van der Waals surface area (Å²) < 4.78 is 0. The molecule has 2 rings (SSSR count).